The summed E-state index contributed by atoms with van der Waals surface area (Å²) in [6.45, 7) is 6.85. The van der Waals surface area contributed by atoms with Crippen LogP contribution in [-0.2, 0) is 4.79 Å². The Morgan fingerprint density at radius 1 is 1.33 bits per heavy atom. The van der Waals surface area contributed by atoms with Crippen LogP contribution in [0.25, 0.3) is 11.0 Å². The first-order valence-corrected chi connectivity index (χ1v) is 7.35. The molecule has 1 aliphatic rings. The first-order valence-electron chi connectivity index (χ1n) is 7.35. The highest BCUT2D eigenvalue weighted by molar-refractivity contribution is 5.99. The second kappa shape index (κ2) is 5.81. The molecule has 112 valence electrons. The molecule has 1 saturated heterocycles. The lowest BCUT2D eigenvalue weighted by Crippen LogP contribution is -2.42. The van der Waals surface area contributed by atoms with Crippen LogP contribution in [0.2, 0.25) is 0 Å². The molecule has 2 heterocycles. The van der Waals surface area contributed by atoms with Crippen molar-refractivity contribution in [3.63, 3.8) is 0 Å². The van der Waals surface area contributed by atoms with Crippen LogP contribution in [0.5, 0.6) is 0 Å². The molecule has 1 aromatic heterocycles. The Labute approximate surface area is 123 Å². The first kappa shape index (κ1) is 14.0. The molecule has 0 spiro atoms. The van der Waals surface area contributed by atoms with E-state index in [1.807, 2.05) is 12.1 Å². The van der Waals surface area contributed by atoms with Gasteiger partial charge in [-0.15, -0.1) is 0 Å². The molecule has 0 radical (unpaired) electrons. The number of carbonyl (C=O) groups excluding carboxylic acids is 1. The monoisotopic (exact) mass is 288 g/mol. The number of anilines is 1. The first-order chi connectivity index (χ1) is 10.1. The van der Waals surface area contributed by atoms with Gasteiger partial charge in [-0.05, 0) is 40.7 Å². The smallest absolute Gasteiger partial charge is 0.238 e. The molecule has 0 aliphatic carbocycles. The van der Waals surface area contributed by atoms with Gasteiger partial charge < -0.3 is 5.32 Å². The molecule has 1 amide bonds. The molecule has 21 heavy (non-hydrogen) atoms. The zero-order valence-corrected chi connectivity index (χ0v) is 12.4. The average molecular weight is 288 g/mol. The third kappa shape index (κ3) is 3.21. The Morgan fingerprint density at radius 2 is 2.10 bits per heavy atom. The van der Waals surface area contributed by atoms with Gasteiger partial charge in [-0.3, -0.25) is 9.69 Å². The molecular weight excluding hydrogens is 268 g/mol. The van der Waals surface area contributed by atoms with Gasteiger partial charge in [0.1, 0.15) is 5.52 Å². The number of hydrogen-bond acceptors (Lipinski definition) is 5. The summed E-state index contributed by atoms with van der Waals surface area (Å²) in [5.41, 5.74) is 1.89. The Balaban J connectivity index is 1.65. The fourth-order valence-electron chi connectivity index (χ4n) is 3.22. The van der Waals surface area contributed by atoms with Crippen LogP contribution in [0, 0.1) is 11.8 Å². The maximum absolute atomic E-state index is 12.2. The lowest BCUT2D eigenvalue weighted by atomic mass is 9.92. The van der Waals surface area contributed by atoms with Crippen molar-refractivity contribution in [2.24, 2.45) is 11.8 Å². The van der Waals surface area contributed by atoms with Crippen LogP contribution in [-0.4, -0.2) is 40.8 Å². The summed E-state index contributed by atoms with van der Waals surface area (Å²) < 4.78 is 4.70. The highest BCUT2D eigenvalue weighted by atomic mass is 16.6. The van der Waals surface area contributed by atoms with Gasteiger partial charge in [0.2, 0.25) is 5.91 Å². The summed E-state index contributed by atoms with van der Waals surface area (Å²) >= 11 is 0. The minimum Gasteiger partial charge on any atom is -0.323 e. The van der Waals surface area contributed by atoms with E-state index < -0.39 is 0 Å². The van der Waals surface area contributed by atoms with Crippen LogP contribution in [0.4, 0.5) is 5.69 Å². The lowest BCUT2D eigenvalue weighted by Gasteiger charge is -2.34. The number of amides is 1. The third-order valence-electron chi connectivity index (χ3n) is 3.87. The predicted molar refractivity (Wildman–Crippen MR) is 79.8 cm³/mol. The number of piperidine rings is 1. The maximum Gasteiger partial charge on any atom is 0.238 e. The van der Waals surface area contributed by atoms with Gasteiger partial charge in [0.25, 0.3) is 0 Å². The average Bonchev–Trinajstić information content (AvgIpc) is 2.86. The third-order valence-corrected chi connectivity index (χ3v) is 3.87. The van der Waals surface area contributed by atoms with Crippen molar-refractivity contribution in [3.05, 3.63) is 18.2 Å². The van der Waals surface area contributed by atoms with Crippen LogP contribution < -0.4 is 5.32 Å². The number of carbonyl (C=O) groups is 1. The van der Waals surface area contributed by atoms with Gasteiger partial charge in [0.15, 0.2) is 5.52 Å². The molecule has 1 aromatic carbocycles. The number of nitrogens with one attached hydrogen (secondary N) is 1. The SMILES string of the molecule is C[C@@H]1C[C@H](C)CN(CC(=O)Nc2cccc3nonc23)C1. The number of rotatable bonds is 3. The maximum atomic E-state index is 12.2. The number of benzene rings is 1. The van der Waals surface area contributed by atoms with Crippen LogP contribution in [0.15, 0.2) is 22.8 Å². The zero-order chi connectivity index (χ0) is 14.8. The highest BCUT2D eigenvalue weighted by Gasteiger charge is 2.23. The van der Waals surface area contributed by atoms with Gasteiger partial charge >= 0.3 is 0 Å². The van der Waals surface area contributed by atoms with Crippen molar-refractivity contribution in [3.8, 4) is 0 Å². The van der Waals surface area contributed by atoms with Crippen molar-refractivity contribution in [2.75, 3.05) is 25.0 Å². The van der Waals surface area contributed by atoms with Crippen molar-refractivity contribution in [2.45, 2.75) is 20.3 Å². The minimum absolute atomic E-state index is 0.0215. The molecule has 0 unspecified atom stereocenters. The Morgan fingerprint density at radius 3 is 2.86 bits per heavy atom. The van der Waals surface area contributed by atoms with E-state index in [0.717, 1.165) is 13.1 Å². The van der Waals surface area contributed by atoms with E-state index in [1.54, 1.807) is 6.07 Å². The standard InChI is InChI=1S/C15H20N4O2/c1-10-6-11(2)8-19(7-10)9-14(20)16-12-4-3-5-13-15(12)18-21-17-13/h3-5,10-11H,6-9H2,1-2H3,(H,16,20)/t10-,11+. The van der Waals surface area contributed by atoms with E-state index in [4.69, 9.17) is 4.63 Å². The molecule has 0 saturated carbocycles. The molecule has 1 fully saturated rings. The van der Waals surface area contributed by atoms with Gasteiger partial charge in [-0.1, -0.05) is 19.9 Å². The summed E-state index contributed by atoms with van der Waals surface area (Å²) in [7, 11) is 0. The van der Waals surface area contributed by atoms with Gasteiger partial charge in [0, 0.05) is 13.1 Å². The summed E-state index contributed by atoms with van der Waals surface area (Å²) in [4.78, 5) is 14.4. The van der Waals surface area contributed by atoms with Crippen LogP contribution in [0.3, 0.4) is 0 Å². The van der Waals surface area contributed by atoms with Crippen molar-refractivity contribution in [1.82, 2.24) is 15.2 Å². The minimum atomic E-state index is -0.0215. The summed E-state index contributed by atoms with van der Waals surface area (Å²) in [6, 6.07) is 5.44. The molecule has 0 bridgehead atoms. The van der Waals surface area contributed by atoms with E-state index in [0.29, 0.717) is 35.1 Å². The van der Waals surface area contributed by atoms with Gasteiger partial charge in [-0.25, -0.2) is 4.63 Å². The predicted octanol–water partition coefficient (Wildman–Crippen LogP) is 2.14. The highest BCUT2D eigenvalue weighted by Crippen LogP contribution is 2.22. The summed E-state index contributed by atoms with van der Waals surface area (Å²) in [6.07, 6.45) is 1.24. The van der Waals surface area contributed by atoms with Gasteiger partial charge in [-0.2, -0.15) is 0 Å². The van der Waals surface area contributed by atoms with E-state index >= 15 is 0 Å². The van der Waals surface area contributed by atoms with Gasteiger partial charge in [0.05, 0.1) is 12.2 Å². The molecule has 6 nitrogen and oxygen atoms in total. The topological polar surface area (TPSA) is 71.3 Å². The second-order valence-electron chi connectivity index (χ2n) is 6.13. The van der Waals surface area contributed by atoms with Crippen molar-refractivity contribution >= 4 is 22.6 Å². The fourth-order valence-corrected chi connectivity index (χ4v) is 3.22. The summed E-state index contributed by atoms with van der Waals surface area (Å²) in [5.74, 6) is 1.27. The molecule has 3 rings (SSSR count). The molecule has 1 N–H and O–H groups in total. The summed E-state index contributed by atoms with van der Waals surface area (Å²) in [5, 5.41) is 10.5. The quantitative estimate of drug-likeness (QED) is 0.937. The Hall–Kier alpha value is -1.95. The van der Waals surface area contributed by atoms with Crippen LogP contribution >= 0.6 is 0 Å². The molecule has 2 aromatic rings. The van der Waals surface area contributed by atoms with E-state index in [9.17, 15) is 4.79 Å². The second-order valence-corrected chi connectivity index (χ2v) is 6.13. The number of likely N-dealkylation sites (tertiary alicyclic amines) is 1. The Bertz CT molecular complexity index is 629. The van der Waals surface area contributed by atoms with Crippen LogP contribution in [0.1, 0.15) is 20.3 Å². The normalized spacial score (nSPS) is 23.3. The number of hydrogen-bond donors (Lipinski definition) is 1. The molecule has 6 heteroatoms. The van der Waals surface area contributed by atoms with E-state index in [-0.39, 0.29) is 5.91 Å². The largest absolute Gasteiger partial charge is 0.323 e. The lowest BCUT2D eigenvalue weighted by molar-refractivity contribution is -0.117. The number of aromatic nitrogens is 2. The fraction of sp³-hybridized carbons (Fsp3) is 0.533. The Kier molecular flexibility index (Phi) is 3.88. The number of fused-ring (bicyclic) bond motifs is 1. The van der Waals surface area contributed by atoms with E-state index in [1.165, 1.54) is 6.42 Å². The number of nitrogens with zero attached hydrogens (tertiary/aromatic N) is 3. The zero-order valence-electron chi connectivity index (χ0n) is 12.4. The molecular formula is C15H20N4O2. The molecule has 2 atom stereocenters. The van der Waals surface area contributed by atoms with E-state index in [2.05, 4.69) is 34.4 Å². The molecule has 1 aliphatic heterocycles. The van der Waals surface area contributed by atoms with Crippen molar-refractivity contribution < 1.29 is 9.42 Å². The van der Waals surface area contributed by atoms with Crippen molar-refractivity contribution in [1.29, 1.82) is 0 Å².